The van der Waals surface area contributed by atoms with Crippen molar-refractivity contribution in [3.63, 3.8) is 0 Å². The standard InChI is InChI=1S/C24H27N3O5/c25-16-20-12-7-6-11-19(20)15-21(23(29)30)27-22(28)13-5-2-8-14-26-24(31)32-17-18-9-3-1-4-10-18/h1,3-4,6-7,9-12,21H,2,5,8,13-15,17H2,(H,26,31)(H,27,28)(H,29,30)/t21-/m0/s1. The fourth-order valence-corrected chi connectivity index (χ4v) is 3.05. The first-order chi connectivity index (χ1) is 15.5. The summed E-state index contributed by atoms with van der Waals surface area (Å²) in [5.41, 5.74) is 1.88. The predicted octanol–water partition coefficient (Wildman–Crippen LogP) is 3.16. The molecule has 1 atom stereocenters. The van der Waals surface area contributed by atoms with E-state index in [1.165, 1.54) is 0 Å². The minimum Gasteiger partial charge on any atom is -0.480 e. The second kappa shape index (κ2) is 13.4. The number of nitrogens with one attached hydrogen (secondary N) is 2. The van der Waals surface area contributed by atoms with Gasteiger partial charge in [0, 0.05) is 19.4 Å². The van der Waals surface area contributed by atoms with Crippen LogP contribution in [0.3, 0.4) is 0 Å². The molecule has 0 bridgehead atoms. The lowest BCUT2D eigenvalue weighted by Crippen LogP contribution is -2.42. The lowest BCUT2D eigenvalue weighted by molar-refractivity contribution is -0.141. The van der Waals surface area contributed by atoms with E-state index >= 15 is 0 Å². The van der Waals surface area contributed by atoms with Crippen molar-refractivity contribution < 1.29 is 24.2 Å². The zero-order valence-electron chi connectivity index (χ0n) is 17.8. The number of carboxylic acids is 1. The molecule has 168 valence electrons. The summed E-state index contributed by atoms with van der Waals surface area (Å²) >= 11 is 0. The van der Waals surface area contributed by atoms with Crippen LogP contribution in [0.4, 0.5) is 4.79 Å². The number of hydrogen-bond donors (Lipinski definition) is 3. The van der Waals surface area contributed by atoms with Crippen LogP contribution in [0.25, 0.3) is 0 Å². The number of nitrogens with zero attached hydrogens (tertiary/aromatic N) is 1. The number of hydrogen-bond acceptors (Lipinski definition) is 5. The number of carbonyl (C=O) groups is 3. The van der Waals surface area contributed by atoms with Crippen LogP contribution in [0.2, 0.25) is 0 Å². The Kier molecular flexibility index (Phi) is 10.3. The van der Waals surface area contributed by atoms with Crippen molar-refractivity contribution >= 4 is 18.0 Å². The van der Waals surface area contributed by atoms with Gasteiger partial charge in [0.05, 0.1) is 11.6 Å². The van der Waals surface area contributed by atoms with Gasteiger partial charge in [0.2, 0.25) is 5.91 Å². The highest BCUT2D eigenvalue weighted by atomic mass is 16.5. The zero-order chi connectivity index (χ0) is 23.2. The molecule has 0 aliphatic rings. The molecule has 0 saturated carbocycles. The number of alkyl carbamates (subject to hydrolysis) is 1. The third-order valence-electron chi connectivity index (χ3n) is 4.76. The summed E-state index contributed by atoms with van der Waals surface area (Å²) in [6.07, 6.45) is 1.66. The largest absolute Gasteiger partial charge is 0.480 e. The number of amides is 2. The van der Waals surface area contributed by atoms with E-state index in [0.29, 0.717) is 36.9 Å². The lowest BCUT2D eigenvalue weighted by atomic mass is 10.0. The third-order valence-corrected chi connectivity index (χ3v) is 4.76. The Bertz CT molecular complexity index is 940. The molecule has 0 radical (unpaired) electrons. The molecule has 8 nitrogen and oxygen atoms in total. The first-order valence-corrected chi connectivity index (χ1v) is 10.4. The quantitative estimate of drug-likeness (QED) is 0.438. The van der Waals surface area contributed by atoms with E-state index in [0.717, 1.165) is 5.56 Å². The molecule has 0 fully saturated rings. The number of ether oxygens (including phenoxy) is 1. The molecule has 2 aromatic carbocycles. The van der Waals surface area contributed by atoms with Crippen molar-refractivity contribution in [2.45, 2.75) is 44.8 Å². The fraction of sp³-hybridized carbons (Fsp3) is 0.333. The van der Waals surface area contributed by atoms with E-state index in [9.17, 15) is 19.5 Å². The predicted molar refractivity (Wildman–Crippen MR) is 118 cm³/mol. The van der Waals surface area contributed by atoms with Crippen molar-refractivity contribution in [2.75, 3.05) is 6.54 Å². The van der Waals surface area contributed by atoms with Crippen LogP contribution in [0, 0.1) is 11.3 Å². The molecule has 0 saturated heterocycles. The Labute approximate surface area is 187 Å². The molecule has 0 heterocycles. The highest BCUT2D eigenvalue weighted by Crippen LogP contribution is 2.11. The summed E-state index contributed by atoms with van der Waals surface area (Å²) in [7, 11) is 0. The lowest BCUT2D eigenvalue weighted by Gasteiger charge is -2.15. The maximum atomic E-state index is 12.1. The molecular weight excluding hydrogens is 410 g/mol. The van der Waals surface area contributed by atoms with Gasteiger partial charge in [-0.05, 0) is 30.0 Å². The average molecular weight is 437 g/mol. The number of benzene rings is 2. The second-order valence-corrected chi connectivity index (χ2v) is 7.23. The molecule has 32 heavy (non-hydrogen) atoms. The van der Waals surface area contributed by atoms with E-state index in [1.807, 2.05) is 36.4 Å². The van der Waals surface area contributed by atoms with Gasteiger partial charge in [-0.25, -0.2) is 9.59 Å². The Morgan fingerprint density at radius 3 is 2.44 bits per heavy atom. The van der Waals surface area contributed by atoms with Crippen LogP contribution in [0.15, 0.2) is 54.6 Å². The summed E-state index contributed by atoms with van der Waals surface area (Å²) in [5.74, 6) is -1.51. The Morgan fingerprint density at radius 2 is 1.72 bits per heavy atom. The molecule has 0 aliphatic carbocycles. The number of carboxylic acid groups (broad SMARTS) is 1. The van der Waals surface area contributed by atoms with Crippen LogP contribution in [-0.2, 0) is 27.4 Å². The summed E-state index contributed by atoms with van der Waals surface area (Å²) in [6, 6.07) is 17.0. The van der Waals surface area contributed by atoms with Gasteiger partial charge in [-0.1, -0.05) is 55.0 Å². The number of aliphatic carboxylic acids is 1. The monoisotopic (exact) mass is 437 g/mol. The number of nitriles is 1. The van der Waals surface area contributed by atoms with Gasteiger partial charge in [0.15, 0.2) is 0 Å². The summed E-state index contributed by atoms with van der Waals surface area (Å²) in [4.78, 5) is 35.3. The minimum atomic E-state index is -1.15. The summed E-state index contributed by atoms with van der Waals surface area (Å²) in [6.45, 7) is 0.633. The highest BCUT2D eigenvalue weighted by Gasteiger charge is 2.21. The van der Waals surface area contributed by atoms with Crippen molar-refractivity contribution in [1.29, 1.82) is 5.26 Å². The molecule has 0 spiro atoms. The first kappa shape index (κ1) is 24.4. The summed E-state index contributed by atoms with van der Waals surface area (Å²) < 4.78 is 5.11. The summed E-state index contributed by atoms with van der Waals surface area (Å²) in [5, 5.41) is 23.7. The molecule has 3 N–H and O–H groups in total. The van der Waals surface area contributed by atoms with Crippen molar-refractivity contribution in [3.05, 3.63) is 71.3 Å². The van der Waals surface area contributed by atoms with Gasteiger partial charge in [-0.3, -0.25) is 4.79 Å². The van der Waals surface area contributed by atoms with Gasteiger partial charge >= 0.3 is 12.1 Å². The first-order valence-electron chi connectivity index (χ1n) is 10.4. The van der Waals surface area contributed by atoms with Crippen molar-refractivity contribution in [1.82, 2.24) is 10.6 Å². The topological polar surface area (TPSA) is 129 Å². The smallest absolute Gasteiger partial charge is 0.407 e. The Hall–Kier alpha value is -3.86. The van der Waals surface area contributed by atoms with Crippen molar-refractivity contribution in [2.24, 2.45) is 0 Å². The van der Waals surface area contributed by atoms with E-state index in [1.54, 1.807) is 24.3 Å². The maximum Gasteiger partial charge on any atom is 0.407 e. The normalized spacial score (nSPS) is 11.1. The maximum absolute atomic E-state index is 12.1. The average Bonchev–Trinajstić information content (AvgIpc) is 2.80. The minimum absolute atomic E-state index is 0.0415. The van der Waals surface area contributed by atoms with E-state index in [2.05, 4.69) is 10.6 Å². The second-order valence-electron chi connectivity index (χ2n) is 7.23. The molecule has 2 aromatic rings. The number of rotatable bonds is 12. The van der Waals surface area contributed by atoms with Gasteiger partial charge in [0.25, 0.3) is 0 Å². The zero-order valence-corrected chi connectivity index (χ0v) is 17.8. The molecule has 0 aromatic heterocycles. The van der Waals surface area contributed by atoms with E-state index in [4.69, 9.17) is 10.00 Å². The fourth-order valence-electron chi connectivity index (χ4n) is 3.05. The van der Waals surface area contributed by atoms with Gasteiger partial charge in [0.1, 0.15) is 12.6 Å². The molecule has 8 heteroatoms. The van der Waals surface area contributed by atoms with E-state index in [-0.39, 0.29) is 25.4 Å². The Balaban J connectivity index is 1.62. The third kappa shape index (κ3) is 8.88. The molecular formula is C24H27N3O5. The SMILES string of the molecule is N#Cc1ccccc1C[C@H](NC(=O)CCCCCNC(=O)OCc1ccccc1)C(=O)O. The molecule has 2 rings (SSSR count). The Morgan fingerprint density at radius 1 is 1.00 bits per heavy atom. The van der Waals surface area contributed by atoms with Gasteiger partial charge < -0.3 is 20.5 Å². The van der Waals surface area contributed by atoms with Crippen LogP contribution in [0.5, 0.6) is 0 Å². The van der Waals surface area contributed by atoms with Gasteiger partial charge in [-0.2, -0.15) is 5.26 Å². The molecule has 0 unspecified atom stereocenters. The van der Waals surface area contributed by atoms with Crippen LogP contribution in [-0.4, -0.2) is 35.7 Å². The van der Waals surface area contributed by atoms with Gasteiger partial charge in [-0.15, -0.1) is 0 Å². The van der Waals surface area contributed by atoms with Crippen molar-refractivity contribution in [3.8, 4) is 6.07 Å². The molecule has 2 amide bonds. The highest BCUT2D eigenvalue weighted by molar-refractivity contribution is 5.83. The van der Waals surface area contributed by atoms with Crippen LogP contribution >= 0.6 is 0 Å². The number of unbranched alkanes of at least 4 members (excludes halogenated alkanes) is 2. The van der Waals surface area contributed by atoms with Crippen LogP contribution < -0.4 is 10.6 Å². The number of carbonyl (C=O) groups excluding carboxylic acids is 2. The molecule has 0 aliphatic heterocycles. The van der Waals surface area contributed by atoms with E-state index < -0.39 is 18.1 Å². The van der Waals surface area contributed by atoms with Crippen LogP contribution in [0.1, 0.15) is 42.4 Å².